The highest BCUT2D eigenvalue weighted by Gasteiger charge is 2.56. The van der Waals surface area contributed by atoms with Gasteiger partial charge in [-0.2, -0.15) is 0 Å². The normalized spacial score (nSPS) is 21.8. The van der Waals surface area contributed by atoms with Crippen LogP contribution in [0.15, 0.2) is 18.2 Å². The summed E-state index contributed by atoms with van der Waals surface area (Å²) in [5.74, 6) is 1.08. The predicted octanol–water partition coefficient (Wildman–Crippen LogP) is 1.11. The highest BCUT2D eigenvalue weighted by molar-refractivity contribution is 5.91. The van der Waals surface area contributed by atoms with Gasteiger partial charge in [0.05, 0.1) is 37.2 Å². The number of aromatic nitrogens is 1. The average molecular weight is 441 g/mol. The standard InChI is InChI=1S/C24H32N4O4/c1-25(2)10-20(30)27-12-24(13-27)14-28(23(31)15-5-6-15)19(11-29)22-21(24)17-8-7-16(32-4)9-18(17)26(22)3/h7-9,15,19,29H,5-6,10-14H2,1-4H3/t19-/m1/s1. The van der Waals surface area contributed by atoms with Crippen LogP contribution in [0.25, 0.3) is 10.9 Å². The first-order valence-electron chi connectivity index (χ1n) is 11.3. The van der Waals surface area contributed by atoms with Crippen molar-refractivity contribution in [1.29, 1.82) is 0 Å². The number of hydrogen-bond acceptors (Lipinski definition) is 5. The van der Waals surface area contributed by atoms with Gasteiger partial charge in [-0.3, -0.25) is 9.59 Å². The van der Waals surface area contributed by atoms with E-state index < -0.39 is 0 Å². The Balaban J connectivity index is 1.62. The number of amides is 2. The van der Waals surface area contributed by atoms with Gasteiger partial charge in [0.2, 0.25) is 11.8 Å². The zero-order valence-electron chi connectivity index (χ0n) is 19.3. The molecular weight excluding hydrogens is 408 g/mol. The summed E-state index contributed by atoms with van der Waals surface area (Å²) in [7, 11) is 7.44. The molecule has 172 valence electrons. The summed E-state index contributed by atoms with van der Waals surface area (Å²) in [6.07, 6.45) is 1.85. The van der Waals surface area contributed by atoms with Crippen LogP contribution in [0, 0.1) is 5.92 Å². The lowest BCUT2D eigenvalue weighted by molar-refractivity contribution is -0.146. The zero-order valence-corrected chi connectivity index (χ0v) is 19.3. The van der Waals surface area contributed by atoms with Crippen LogP contribution in [-0.2, 0) is 22.1 Å². The van der Waals surface area contributed by atoms with Crippen molar-refractivity contribution < 1.29 is 19.4 Å². The van der Waals surface area contributed by atoms with E-state index in [1.807, 2.05) is 48.0 Å². The van der Waals surface area contributed by atoms with Gasteiger partial charge in [-0.15, -0.1) is 0 Å². The molecule has 8 nitrogen and oxygen atoms in total. The van der Waals surface area contributed by atoms with Gasteiger partial charge in [0.1, 0.15) is 5.75 Å². The van der Waals surface area contributed by atoms with Crippen LogP contribution in [0.5, 0.6) is 5.75 Å². The lowest BCUT2D eigenvalue weighted by Gasteiger charge is -2.56. The number of likely N-dealkylation sites (tertiary alicyclic amines) is 1. The van der Waals surface area contributed by atoms with Gasteiger partial charge >= 0.3 is 0 Å². The number of rotatable bonds is 5. The van der Waals surface area contributed by atoms with E-state index in [9.17, 15) is 14.7 Å². The molecule has 0 unspecified atom stereocenters. The summed E-state index contributed by atoms with van der Waals surface area (Å²) in [6, 6.07) is 5.67. The van der Waals surface area contributed by atoms with Crippen LogP contribution in [0.1, 0.15) is 30.1 Å². The average Bonchev–Trinajstić information content (AvgIpc) is 3.55. The van der Waals surface area contributed by atoms with Crippen LogP contribution in [-0.4, -0.2) is 90.2 Å². The maximum Gasteiger partial charge on any atom is 0.236 e. The van der Waals surface area contributed by atoms with Gasteiger partial charge < -0.3 is 29.1 Å². The largest absolute Gasteiger partial charge is 0.497 e. The molecule has 1 aromatic carbocycles. The molecule has 2 fully saturated rings. The number of aliphatic hydroxyl groups is 1. The molecule has 2 aromatic rings. The fourth-order valence-electron chi connectivity index (χ4n) is 5.64. The lowest BCUT2D eigenvalue weighted by atomic mass is 9.68. The first-order chi connectivity index (χ1) is 15.3. The van der Waals surface area contributed by atoms with E-state index in [1.54, 1.807) is 7.11 Å². The van der Waals surface area contributed by atoms with Gasteiger partial charge in [-0.25, -0.2) is 0 Å². The molecule has 1 aromatic heterocycles. The molecule has 5 rings (SSSR count). The van der Waals surface area contributed by atoms with E-state index in [0.717, 1.165) is 35.2 Å². The number of likely N-dealkylation sites (N-methyl/N-ethyl adjacent to an activating group) is 1. The molecule has 0 bridgehead atoms. The summed E-state index contributed by atoms with van der Waals surface area (Å²) in [5.41, 5.74) is 2.86. The minimum absolute atomic E-state index is 0.0731. The monoisotopic (exact) mass is 440 g/mol. The van der Waals surface area contributed by atoms with Gasteiger partial charge in [-0.05, 0) is 44.6 Å². The minimum atomic E-state index is -0.376. The van der Waals surface area contributed by atoms with Gasteiger partial charge in [-0.1, -0.05) is 0 Å². The fraction of sp³-hybridized carbons (Fsp3) is 0.583. The fourth-order valence-corrected chi connectivity index (χ4v) is 5.64. The Morgan fingerprint density at radius 2 is 1.94 bits per heavy atom. The lowest BCUT2D eigenvalue weighted by Crippen LogP contribution is -2.69. The third kappa shape index (κ3) is 3.11. The number of nitrogens with zero attached hydrogens (tertiary/aromatic N) is 4. The van der Waals surface area contributed by atoms with E-state index in [4.69, 9.17) is 4.74 Å². The Labute approximate surface area is 188 Å². The van der Waals surface area contributed by atoms with Crippen molar-refractivity contribution in [3.63, 3.8) is 0 Å². The topological polar surface area (TPSA) is 78.2 Å². The maximum atomic E-state index is 13.3. The third-order valence-electron chi connectivity index (χ3n) is 7.32. The molecular formula is C24H32N4O4. The summed E-state index contributed by atoms with van der Waals surface area (Å²) in [5, 5.41) is 11.5. The smallest absolute Gasteiger partial charge is 0.236 e. The van der Waals surface area contributed by atoms with Crippen LogP contribution in [0.4, 0.5) is 0 Å². The molecule has 8 heteroatoms. The minimum Gasteiger partial charge on any atom is -0.497 e. The predicted molar refractivity (Wildman–Crippen MR) is 121 cm³/mol. The van der Waals surface area contributed by atoms with Crippen LogP contribution in [0.2, 0.25) is 0 Å². The Bertz CT molecular complexity index is 1080. The summed E-state index contributed by atoms with van der Waals surface area (Å²) in [4.78, 5) is 31.6. The van der Waals surface area contributed by atoms with E-state index in [1.165, 1.54) is 5.56 Å². The molecule has 0 radical (unpaired) electrons. The number of fused-ring (bicyclic) bond motifs is 4. The molecule has 3 heterocycles. The second-order valence-electron chi connectivity index (χ2n) is 9.91. The number of benzene rings is 1. The quantitative estimate of drug-likeness (QED) is 0.754. The second-order valence-corrected chi connectivity index (χ2v) is 9.91. The van der Waals surface area contributed by atoms with Gasteiger partial charge in [0, 0.05) is 49.7 Å². The highest BCUT2D eigenvalue weighted by atomic mass is 16.5. The number of carbonyl (C=O) groups excluding carboxylic acids is 2. The van der Waals surface area contributed by atoms with E-state index in [2.05, 4.69) is 10.6 Å². The maximum absolute atomic E-state index is 13.3. The SMILES string of the molecule is COc1ccc2c3c(n(C)c2c1)[C@@H](CO)N(C(=O)C1CC1)CC31CN(C(=O)CN(C)C)C1. The molecule has 1 N–H and O–H groups in total. The van der Waals surface area contributed by atoms with Crippen molar-refractivity contribution in [2.75, 3.05) is 54.0 Å². The number of ether oxygens (including phenoxy) is 1. The molecule has 1 aliphatic carbocycles. The highest BCUT2D eigenvalue weighted by Crippen LogP contribution is 2.50. The molecule has 1 saturated carbocycles. The Morgan fingerprint density at radius 1 is 1.22 bits per heavy atom. The number of hydrogen-bond donors (Lipinski definition) is 1. The number of aliphatic hydroxyl groups excluding tert-OH is 1. The summed E-state index contributed by atoms with van der Waals surface area (Å²) < 4.78 is 7.56. The Morgan fingerprint density at radius 3 is 2.53 bits per heavy atom. The summed E-state index contributed by atoms with van der Waals surface area (Å²) >= 11 is 0. The molecule has 2 aliphatic heterocycles. The third-order valence-corrected chi connectivity index (χ3v) is 7.32. The zero-order chi connectivity index (χ0) is 22.8. The molecule has 3 aliphatic rings. The summed E-state index contributed by atoms with van der Waals surface area (Å²) in [6.45, 7) is 1.97. The number of carbonyl (C=O) groups is 2. The second kappa shape index (κ2) is 7.49. The van der Waals surface area contributed by atoms with Crippen molar-refractivity contribution in [3.8, 4) is 5.75 Å². The van der Waals surface area contributed by atoms with Crippen molar-refractivity contribution in [1.82, 2.24) is 19.3 Å². The Kier molecular flexibility index (Phi) is 4.98. The van der Waals surface area contributed by atoms with Gasteiger partial charge in [0.15, 0.2) is 0 Å². The van der Waals surface area contributed by atoms with Crippen molar-refractivity contribution >= 4 is 22.7 Å². The molecule has 2 amide bonds. The van der Waals surface area contributed by atoms with E-state index in [0.29, 0.717) is 26.2 Å². The first-order valence-corrected chi connectivity index (χ1v) is 11.3. The molecule has 1 spiro atoms. The number of aryl methyl sites for hydroxylation is 1. The molecule has 1 atom stereocenters. The van der Waals surface area contributed by atoms with Crippen molar-refractivity contribution in [2.24, 2.45) is 13.0 Å². The number of methoxy groups -OCH3 is 1. The molecule has 1 saturated heterocycles. The first kappa shape index (κ1) is 21.3. The Hall–Kier alpha value is -2.58. The van der Waals surface area contributed by atoms with Crippen LogP contribution >= 0.6 is 0 Å². The van der Waals surface area contributed by atoms with E-state index >= 15 is 0 Å². The van der Waals surface area contributed by atoms with Crippen LogP contribution < -0.4 is 4.74 Å². The van der Waals surface area contributed by atoms with Gasteiger partial charge in [0.25, 0.3) is 0 Å². The van der Waals surface area contributed by atoms with Crippen molar-refractivity contribution in [2.45, 2.75) is 24.3 Å². The van der Waals surface area contributed by atoms with Crippen LogP contribution in [0.3, 0.4) is 0 Å². The molecule has 32 heavy (non-hydrogen) atoms. The van der Waals surface area contributed by atoms with Crippen molar-refractivity contribution in [3.05, 3.63) is 29.5 Å². The van der Waals surface area contributed by atoms with E-state index in [-0.39, 0.29) is 35.8 Å².